The van der Waals surface area contributed by atoms with Crippen LogP contribution in [0.15, 0.2) is 18.2 Å². The molecule has 5 atom stereocenters. The van der Waals surface area contributed by atoms with E-state index in [1.165, 1.54) is 12.1 Å². The molecule has 2 rings (SSSR count). The number of nitrogens with one attached hydrogen (secondary N) is 2. The molecule has 0 amide bonds. The van der Waals surface area contributed by atoms with Crippen molar-refractivity contribution in [1.29, 1.82) is 0 Å². The highest BCUT2D eigenvalue weighted by Gasteiger charge is 2.42. The lowest BCUT2D eigenvalue weighted by Crippen LogP contribution is -2.99. The Morgan fingerprint density at radius 1 is 1.35 bits per heavy atom. The molecule has 1 aliphatic heterocycles. The van der Waals surface area contributed by atoms with Gasteiger partial charge in [-0.2, -0.15) is 5.23 Å². The number of quaternary nitrogens is 1. The maximum Gasteiger partial charge on any atom is 0.164 e. The summed E-state index contributed by atoms with van der Waals surface area (Å²) in [7, 11) is 0. The van der Waals surface area contributed by atoms with Gasteiger partial charge in [-0.15, -0.1) is 0 Å². The molecule has 8 nitrogen and oxygen atoms in total. The number of aliphatic hydroxyl groups is 3. The lowest BCUT2D eigenvalue weighted by molar-refractivity contribution is -0.991. The van der Waals surface area contributed by atoms with Crippen molar-refractivity contribution in [2.24, 2.45) is 0 Å². The van der Waals surface area contributed by atoms with E-state index in [1.54, 1.807) is 13.0 Å². The average molecular weight is 286 g/mol. The first kappa shape index (κ1) is 15.1. The van der Waals surface area contributed by atoms with Crippen LogP contribution in [0, 0.1) is 12.1 Å². The fourth-order valence-electron chi connectivity index (χ4n) is 2.13. The SMILES string of the molecule is Cc1cc([NH+]([O-])O)ccc1N[C@H]1O[C@H](CO)[C@@H](O)[C@H]1O. The summed E-state index contributed by atoms with van der Waals surface area (Å²) < 4.78 is 5.29. The molecule has 1 aromatic carbocycles. The van der Waals surface area contributed by atoms with Crippen molar-refractivity contribution in [3.63, 3.8) is 0 Å². The largest absolute Gasteiger partial charge is 0.595 e. The standard InChI is InChI=1S/C12H18N2O6/c1-6-4-7(14(18)19)2-3-8(6)13-12-11(17)10(16)9(5-15)20-12/h2-4,9-18H,5H2,1H3/t9-,10-,11-,12+/m1/s1. The number of anilines is 1. The minimum absolute atomic E-state index is 0.161. The molecule has 0 spiro atoms. The fraction of sp³-hybridized carbons (Fsp3) is 0.500. The van der Waals surface area contributed by atoms with Crippen molar-refractivity contribution < 1.29 is 30.5 Å². The molecule has 6 N–H and O–H groups in total. The van der Waals surface area contributed by atoms with Gasteiger partial charge < -0.3 is 30.6 Å². The molecule has 1 unspecified atom stereocenters. The van der Waals surface area contributed by atoms with Gasteiger partial charge in [0, 0.05) is 17.8 Å². The number of benzene rings is 1. The Balaban J connectivity index is 2.11. The highest BCUT2D eigenvalue weighted by atomic mass is 16.8. The van der Waals surface area contributed by atoms with Gasteiger partial charge >= 0.3 is 0 Å². The predicted octanol–water partition coefficient (Wildman–Crippen LogP) is -1.75. The molecule has 20 heavy (non-hydrogen) atoms. The van der Waals surface area contributed by atoms with Gasteiger partial charge in [0.15, 0.2) is 11.9 Å². The number of ether oxygens (including phenoxy) is 1. The molecular formula is C12H18N2O6. The second-order valence-electron chi connectivity index (χ2n) is 4.74. The first-order chi connectivity index (χ1) is 9.43. The van der Waals surface area contributed by atoms with Gasteiger partial charge in [-0.25, -0.2) is 5.21 Å². The monoisotopic (exact) mass is 286 g/mol. The van der Waals surface area contributed by atoms with Crippen LogP contribution in [0.3, 0.4) is 0 Å². The van der Waals surface area contributed by atoms with Crippen LogP contribution in [-0.4, -0.2) is 51.7 Å². The minimum atomic E-state index is -1.18. The van der Waals surface area contributed by atoms with Gasteiger partial charge in [-0.05, 0) is 18.6 Å². The van der Waals surface area contributed by atoms with E-state index in [0.29, 0.717) is 11.3 Å². The average Bonchev–Trinajstić information content (AvgIpc) is 2.68. The summed E-state index contributed by atoms with van der Waals surface area (Å²) in [5.41, 5.74) is 1.42. The van der Waals surface area contributed by atoms with Crippen molar-refractivity contribution in [1.82, 2.24) is 0 Å². The number of aliphatic hydroxyl groups excluding tert-OH is 3. The molecule has 1 aromatic rings. The fourth-order valence-corrected chi connectivity index (χ4v) is 2.13. The van der Waals surface area contributed by atoms with Crippen molar-refractivity contribution in [3.05, 3.63) is 29.0 Å². The molecule has 112 valence electrons. The summed E-state index contributed by atoms with van der Waals surface area (Å²) in [4.78, 5) is 0. The van der Waals surface area contributed by atoms with Gasteiger partial charge in [-0.3, -0.25) is 0 Å². The number of aryl methyl sites for hydroxylation is 1. The zero-order valence-electron chi connectivity index (χ0n) is 10.9. The Kier molecular flexibility index (Phi) is 4.55. The molecule has 0 aromatic heterocycles. The van der Waals surface area contributed by atoms with Gasteiger partial charge in [0.2, 0.25) is 0 Å². The van der Waals surface area contributed by atoms with Crippen LogP contribution in [-0.2, 0) is 4.74 Å². The van der Waals surface area contributed by atoms with E-state index in [2.05, 4.69) is 5.32 Å². The predicted molar refractivity (Wildman–Crippen MR) is 68.3 cm³/mol. The topological polar surface area (TPSA) is 130 Å². The van der Waals surface area contributed by atoms with Gasteiger partial charge in [0.05, 0.1) is 6.61 Å². The first-order valence-corrected chi connectivity index (χ1v) is 6.17. The maximum absolute atomic E-state index is 10.8. The van der Waals surface area contributed by atoms with Crippen LogP contribution in [0.2, 0.25) is 0 Å². The van der Waals surface area contributed by atoms with E-state index >= 15 is 0 Å². The zero-order valence-corrected chi connectivity index (χ0v) is 10.9. The molecule has 0 radical (unpaired) electrons. The second kappa shape index (κ2) is 6.02. The van der Waals surface area contributed by atoms with Gasteiger partial charge in [0.25, 0.3) is 0 Å². The van der Waals surface area contributed by atoms with E-state index in [4.69, 9.17) is 15.1 Å². The Morgan fingerprint density at radius 3 is 2.55 bits per heavy atom. The highest BCUT2D eigenvalue weighted by molar-refractivity contribution is 5.55. The van der Waals surface area contributed by atoms with Gasteiger partial charge in [-0.1, -0.05) is 0 Å². The zero-order chi connectivity index (χ0) is 14.9. The quantitative estimate of drug-likeness (QED) is 0.362. The van der Waals surface area contributed by atoms with Gasteiger partial charge in [0.1, 0.15) is 18.3 Å². The van der Waals surface area contributed by atoms with Crippen LogP contribution in [0.25, 0.3) is 0 Å². The third-order valence-corrected chi connectivity index (χ3v) is 3.31. The lowest BCUT2D eigenvalue weighted by atomic mass is 10.1. The normalized spacial score (nSPS) is 31.3. The minimum Gasteiger partial charge on any atom is -0.595 e. The molecule has 0 bridgehead atoms. The van der Waals surface area contributed by atoms with Crippen molar-refractivity contribution in [2.45, 2.75) is 31.5 Å². The van der Waals surface area contributed by atoms with Crippen LogP contribution in [0.1, 0.15) is 5.56 Å². The molecule has 0 saturated carbocycles. The molecule has 0 aliphatic carbocycles. The molecular weight excluding hydrogens is 268 g/mol. The maximum atomic E-state index is 10.8. The molecule has 1 saturated heterocycles. The Labute approximate surface area is 115 Å². The van der Waals surface area contributed by atoms with E-state index in [-0.39, 0.29) is 5.69 Å². The molecule has 8 heteroatoms. The summed E-state index contributed by atoms with van der Waals surface area (Å²) in [6.45, 7) is 1.32. The number of hydrogen-bond donors (Lipinski definition) is 6. The summed E-state index contributed by atoms with van der Waals surface area (Å²) >= 11 is 0. The smallest absolute Gasteiger partial charge is 0.164 e. The third kappa shape index (κ3) is 2.91. The van der Waals surface area contributed by atoms with E-state index in [0.717, 1.165) is 0 Å². The van der Waals surface area contributed by atoms with E-state index < -0.39 is 36.4 Å². The van der Waals surface area contributed by atoms with Crippen LogP contribution >= 0.6 is 0 Å². The van der Waals surface area contributed by atoms with Crippen molar-refractivity contribution >= 4 is 11.4 Å². The molecule has 1 heterocycles. The second-order valence-corrected chi connectivity index (χ2v) is 4.74. The summed E-state index contributed by atoms with van der Waals surface area (Å²) in [6, 6.07) is 4.48. The number of rotatable bonds is 4. The number of hydrogen-bond acceptors (Lipinski definition) is 7. The molecule has 1 aliphatic rings. The Bertz CT molecular complexity index is 469. The van der Waals surface area contributed by atoms with Crippen LogP contribution in [0.5, 0.6) is 0 Å². The summed E-state index contributed by atoms with van der Waals surface area (Å²) in [5.74, 6) is 0. The Hall–Kier alpha value is -1.26. The van der Waals surface area contributed by atoms with E-state index in [1.807, 2.05) is 0 Å². The highest BCUT2D eigenvalue weighted by Crippen LogP contribution is 2.25. The van der Waals surface area contributed by atoms with Crippen molar-refractivity contribution in [2.75, 3.05) is 11.9 Å². The molecule has 1 fully saturated rings. The Morgan fingerprint density at radius 2 is 2.05 bits per heavy atom. The van der Waals surface area contributed by atoms with Crippen molar-refractivity contribution in [3.8, 4) is 0 Å². The summed E-state index contributed by atoms with van der Waals surface area (Å²) in [5, 5.41) is 50.0. The van der Waals surface area contributed by atoms with Crippen LogP contribution in [0.4, 0.5) is 11.4 Å². The lowest BCUT2D eigenvalue weighted by Gasteiger charge is -2.20. The third-order valence-electron chi connectivity index (χ3n) is 3.31. The summed E-state index contributed by atoms with van der Waals surface area (Å²) in [6.07, 6.45) is -4.06. The van der Waals surface area contributed by atoms with Crippen LogP contribution < -0.4 is 10.5 Å². The first-order valence-electron chi connectivity index (χ1n) is 6.17. The van der Waals surface area contributed by atoms with E-state index in [9.17, 15) is 15.4 Å².